The molecule has 24 heavy (non-hydrogen) atoms. The quantitative estimate of drug-likeness (QED) is 0.783. The number of aromatic nitrogens is 3. The van der Waals surface area contributed by atoms with Crippen LogP contribution in [0.25, 0.3) is 0 Å². The van der Waals surface area contributed by atoms with Crippen LogP contribution < -0.4 is 0 Å². The standard InChI is InChI=1S/C17H27N5O2/c1-13(2)15-10-21(16(23)5-7-20-11-18-19-12-20)8-6-17(24)22(15)9-14-3-4-14/h11-15H,3-10H2,1-2H3. The van der Waals surface area contributed by atoms with E-state index in [4.69, 9.17) is 0 Å². The van der Waals surface area contributed by atoms with Gasteiger partial charge >= 0.3 is 0 Å². The molecule has 1 saturated heterocycles. The number of carbonyl (C=O) groups excluding carboxylic acids is 2. The van der Waals surface area contributed by atoms with E-state index in [1.165, 1.54) is 12.8 Å². The van der Waals surface area contributed by atoms with Crippen molar-refractivity contribution in [2.45, 2.75) is 52.1 Å². The fraction of sp³-hybridized carbons (Fsp3) is 0.765. The van der Waals surface area contributed by atoms with E-state index in [1.54, 1.807) is 17.2 Å². The van der Waals surface area contributed by atoms with Crippen LogP contribution in [-0.4, -0.2) is 62.1 Å². The summed E-state index contributed by atoms with van der Waals surface area (Å²) in [5.74, 6) is 1.33. The van der Waals surface area contributed by atoms with Crippen molar-refractivity contribution in [3.8, 4) is 0 Å². The van der Waals surface area contributed by atoms with Crippen LogP contribution in [0.4, 0.5) is 0 Å². The van der Waals surface area contributed by atoms with E-state index in [0.717, 1.165) is 6.54 Å². The molecular weight excluding hydrogens is 306 g/mol. The molecule has 1 saturated carbocycles. The van der Waals surface area contributed by atoms with Gasteiger partial charge in [0.1, 0.15) is 12.7 Å². The minimum Gasteiger partial charge on any atom is -0.340 e. The molecule has 3 rings (SSSR count). The van der Waals surface area contributed by atoms with Crippen LogP contribution in [0.1, 0.15) is 39.5 Å². The molecule has 0 aromatic carbocycles. The highest BCUT2D eigenvalue weighted by atomic mass is 16.2. The van der Waals surface area contributed by atoms with Crippen LogP contribution in [0.3, 0.4) is 0 Å². The normalized spacial score (nSPS) is 22.1. The topological polar surface area (TPSA) is 71.3 Å². The first kappa shape index (κ1) is 16.9. The molecule has 2 amide bonds. The molecule has 2 aliphatic rings. The Morgan fingerprint density at radius 1 is 1.29 bits per heavy atom. The minimum atomic E-state index is 0.107. The maximum absolute atomic E-state index is 12.6. The Morgan fingerprint density at radius 3 is 2.62 bits per heavy atom. The summed E-state index contributed by atoms with van der Waals surface area (Å²) in [6, 6.07) is 0.125. The third-order valence-electron chi connectivity index (χ3n) is 5.05. The lowest BCUT2D eigenvalue weighted by atomic mass is 10.0. The van der Waals surface area contributed by atoms with Gasteiger partial charge in [-0.25, -0.2) is 0 Å². The zero-order valence-corrected chi connectivity index (χ0v) is 14.6. The van der Waals surface area contributed by atoms with Gasteiger partial charge in [0.25, 0.3) is 0 Å². The largest absolute Gasteiger partial charge is 0.340 e. The Kier molecular flexibility index (Phi) is 5.16. The van der Waals surface area contributed by atoms with Gasteiger partial charge < -0.3 is 14.4 Å². The second kappa shape index (κ2) is 7.32. The van der Waals surface area contributed by atoms with Crippen molar-refractivity contribution < 1.29 is 9.59 Å². The van der Waals surface area contributed by atoms with E-state index < -0.39 is 0 Å². The molecular formula is C17H27N5O2. The van der Waals surface area contributed by atoms with Crippen molar-refractivity contribution in [3.63, 3.8) is 0 Å². The first-order chi connectivity index (χ1) is 11.5. The molecule has 2 fully saturated rings. The van der Waals surface area contributed by atoms with Crippen molar-refractivity contribution in [1.29, 1.82) is 0 Å². The fourth-order valence-electron chi connectivity index (χ4n) is 3.31. The van der Waals surface area contributed by atoms with Gasteiger partial charge in [0.15, 0.2) is 0 Å². The molecule has 2 heterocycles. The van der Waals surface area contributed by atoms with E-state index in [2.05, 4.69) is 28.9 Å². The van der Waals surface area contributed by atoms with E-state index in [9.17, 15) is 9.59 Å². The fourth-order valence-corrected chi connectivity index (χ4v) is 3.31. The van der Waals surface area contributed by atoms with Crippen LogP contribution in [0.5, 0.6) is 0 Å². The number of rotatable bonds is 6. The maximum atomic E-state index is 12.6. The highest BCUT2D eigenvalue weighted by Crippen LogP contribution is 2.32. The lowest BCUT2D eigenvalue weighted by Crippen LogP contribution is -2.48. The average Bonchev–Trinajstić information content (AvgIpc) is 3.26. The van der Waals surface area contributed by atoms with Gasteiger partial charge in [0.05, 0.1) is 6.04 Å². The van der Waals surface area contributed by atoms with Crippen LogP contribution in [-0.2, 0) is 16.1 Å². The number of aryl methyl sites for hydroxylation is 1. The SMILES string of the molecule is CC(C)C1CN(C(=O)CCn2cnnc2)CCC(=O)N1CC1CC1. The van der Waals surface area contributed by atoms with Crippen LogP contribution >= 0.6 is 0 Å². The summed E-state index contributed by atoms with van der Waals surface area (Å²) in [5, 5.41) is 7.51. The Labute approximate surface area is 143 Å². The van der Waals surface area contributed by atoms with Gasteiger partial charge in [-0.15, -0.1) is 10.2 Å². The smallest absolute Gasteiger partial charge is 0.224 e. The first-order valence-corrected chi connectivity index (χ1v) is 8.94. The number of nitrogens with zero attached hydrogens (tertiary/aromatic N) is 5. The van der Waals surface area contributed by atoms with Crippen molar-refractivity contribution in [3.05, 3.63) is 12.7 Å². The highest BCUT2D eigenvalue weighted by molar-refractivity contribution is 5.80. The summed E-state index contributed by atoms with van der Waals surface area (Å²) in [6.07, 6.45) is 6.56. The van der Waals surface area contributed by atoms with E-state index in [1.807, 2.05) is 4.90 Å². The van der Waals surface area contributed by atoms with Crippen LogP contribution in [0.2, 0.25) is 0 Å². The molecule has 1 unspecified atom stereocenters. The highest BCUT2D eigenvalue weighted by Gasteiger charge is 2.36. The molecule has 7 nitrogen and oxygen atoms in total. The lowest BCUT2D eigenvalue weighted by Gasteiger charge is -2.34. The van der Waals surface area contributed by atoms with Gasteiger partial charge in [-0.1, -0.05) is 13.8 Å². The summed E-state index contributed by atoms with van der Waals surface area (Å²) in [4.78, 5) is 29.1. The summed E-state index contributed by atoms with van der Waals surface area (Å²) in [7, 11) is 0. The number of hydrogen-bond donors (Lipinski definition) is 0. The lowest BCUT2D eigenvalue weighted by molar-refractivity contribution is -0.134. The predicted molar refractivity (Wildman–Crippen MR) is 88.9 cm³/mol. The molecule has 7 heteroatoms. The maximum Gasteiger partial charge on any atom is 0.224 e. The minimum absolute atomic E-state index is 0.107. The monoisotopic (exact) mass is 333 g/mol. The Hall–Kier alpha value is -1.92. The van der Waals surface area contributed by atoms with Crippen molar-refractivity contribution in [2.75, 3.05) is 19.6 Å². The molecule has 1 aromatic heterocycles. The van der Waals surface area contributed by atoms with Crippen molar-refractivity contribution in [2.24, 2.45) is 11.8 Å². The third kappa shape index (κ3) is 4.13. The number of carbonyl (C=O) groups is 2. The molecule has 0 bridgehead atoms. The first-order valence-electron chi connectivity index (χ1n) is 8.94. The molecule has 1 aliphatic carbocycles. The van der Waals surface area contributed by atoms with E-state index in [-0.39, 0.29) is 17.9 Å². The molecule has 0 spiro atoms. The van der Waals surface area contributed by atoms with Crippen LogP contribution in [0, 0.1) is 11.8 Å². The molecule has 1 aromatic rings. The molecule has 132 valence electrons. The predicted octanol–water partition coefficient (Wildman–Crippen LogP) is 1.16. The zero-order valence-electron chi connectivity index (χ0n) is 14.6. The van der Waals surface area contributed by atoms with E-state index in [0.29, 0.717) is 44.3 Å². The van der Waals surface area contributed by atoms with Crippen LogP contribution in [0.15, 0.2) is 12.7 Å². The second-order valence-electron chi connectivity index (χ2n) is 7.34. The van der Waals surface area contributed by atoms with Gasteiger partial charge in [-0.2, -0.15) is 0 Å². The Morgan fingerprint density at radius 2 is 2.00 bits per heavy atom. The Bertz CT molecular complexity index is 568. The number of hydrogen-bond acceptors (Lipinski definition) is 4. The van der Waals surface area contributed by atoms with Gasteiger partial charge in [-0.3, -0.25) is 9.59 Å². The summed E-state index contributed by atoms with van der Waals surface area (Å²) in [5.41, 5.74) is 0. The molecule has 0 radical (unpaired) electrons. The molecule has 0 N–H and O–H groups in total. The summed E-state index contributed by atoms with van der Waals surface area (Å²) < 4.78 is 1.81. The van der Waals surface area contributed by atoms with Gasteiger partial charge in [-0.05, 0) is 24.7 Å². The molecule has 1 aliphatic heterocycles. The third-order valence-corrected chi connectivity index (χ3v) is 5.05. The van der Waals surface area contributed by atoms with Crippen molar-refractivity contribution >= 4 is 11.8 Å². The number of amides is 2. The van der Waals surface area contributed by atoms with Gasteiger partial charge in [0.2, 0.25) is 11.8 Å². The summed E-state index contributed by atoms with van der Waals surface area (Å²) in [6.45, 7) is 6.91. The molecule has 1 atom stereocenters. The zero-order chi connectivity index (χ0) is 17.1. The second-order valence-corrected chi connectivity index (χ2v) is 7.34. The van der Waals surface area contributed by atoms with Gasteiger partial charge in [0, 0.05) is 39.0 Å². The van der Waals surface area contributed by atoms with Crippen molar-refractivity contribution in [1.82, 2.24) is 24.6 Å². The Balaban J connectivity index is 1.63. The van der Waals surface area contributed by atoms with E-state index >= 15 is 0 Å². The average molecular weight is 333 g/mol. The summed E-state index contributed by atoms with van der Waals surface area (Å²) >= 11 is 0.